The lowest BCUT2D eigenvalue weighted by atomic mass is 10.1. The van der Waals surface area contributed by atoms with Crippen molar-refractivity contribution >= 4 is 17.7 Å². The van der Waals surface area contributed by atoms with Crippen molar-refractivity contribution < 1.29 is 14.3 Å². The summed E-state index contributed by atoms with van der Waals surface area (Å²) in [4.78, 5) is 18.6. The lowest BCUT2D eigenvalue weighted by molar-refractivity contribution is 0.0771. The van der Waals surface area contributed by atoms with Gasteiger partial charge in [-0.15, -0.1) is 0 Å². The maximum absolute atomic E-state index is 12.5. The van der Waals surface area contributed by atoms with Gasteiger partial charge in [-0.05, 0) is 29.8 Å². The minimum absolute atomic E-state index is 0.106. The van der Waals surface area contributed by atoms with Crippen molar-refractivity contribution in [2.75, 3.05) is 31.2 Å². The number of nitrogens with zero attached hydrogens (tertiary/aromatic N) is 2. The number of fused-ring (bicyclic) bond motifs is 1. The fourth-order valence-corrected chi connectivity index (χ4v) is 3.77. The lowest BCUT2D eigenvalue weighted by Gasteiger charge is -2.27. The van der Waals surface area contributed by atoms with Gasteiger partial charge < -0.3 is 14.4 Å². The van der Waals surface area contributed by atoms with Gasteiger partial charge in [-0.3, -0.25) is 4.79 Å². The number of aromatic nitrogens is 1. The van der Waals surface area contributed by atoms with Crippen LogP contribution in [0, 0.1) is 0 Å². The van der Waals surface area contributed by atoms with Gasteiger partial charge in [-0.1, -0.05) is 12.1 Å². The van der Waals surface area contributed by atoms with E-state index in [1.807, 2.05) is 53.1 Å². The van der Waals surface area contributed by atoms with Crippen LogP contribution in [0.25, 0.3) is 0 Å². The molecule has 2 aromatic rings. The second-order valence-corrected chi connectivity index (χ2v) is 6.98. The van der Waals surface area contributed by atoms with Crippen LogP contribution >= 0.6 is 11.8 Å². The minimum atomic E-state index is -0.206. The zero-order chi connectivity index (χ0) is 16.4. The van der Waals surface area contributed by atoms with E-state index >= 15 is 0 Å². The molecule has 1 aromatic heterocycles. The molecule has 0 saturated carbocycles. The van der Waals surface area contributed by atoms with E-state index in [1.165, 1.54) is 0 Å². The topological polar surface area (TPSA) is 51.7 Å². The fourth-order valence-electron chi connectivity index (χ4n) is 2.86. The first-order chi connectivity index (χ1) is 11.8. The molecule has 4 rings (SSSR count). The van der Waals surface area contributed by atoms with E-state index in [-0.39, 0.29) is 12.0 Å². The van der Waals surface area contributed by atoms with Gasteiger partial charge in [0.25, 0.3) is 11.8 Å². The molecule has 0 radical (unpaired) electrons. The molecule has 0 unspecified atom stereocenters. The molecule has 0 spiro atoms. The largest absolute Gasteiger partial charge is 0.484 e. The van der Waals surface area contributed by atoms with Gasteiger partial charge in [0.05, 0.1) is 0 Å². The Bertz CT molecular complexity index is 729. The van der Waals surface area contributed by atoms with Gasteiger partial charge in [0.15, 0.2) is 11.9 Å². The first-order valence-electron chi connectivity index (χ1n) is 8.03. The number of thioether (sulfide) groups is 1. The highest BCUT2D eigenvalue weighted by Gasteiger charge is 2.24. The van der Waals surface area contributed by atoms with Crippen LogP contribution in [0.2, 0.25) is 0 Å². The summed E-state index contributed by atoms with van der Waals surface area (Å²) in [5.74, 6) is 3.32. The molecule has 6 heteroatoms. The molecule has 1 fully saturated rings. The zero-order valence-electron chi connectivity index (χ0n) is 13.2. The van der Waals surface area contributed by atoms with E-state index in [4.69, 9.17) is 9.47 Å². The molecule has 0 aliphatic carbocycles. The van der Waals surface area contributed by atoms with Gasteiger partial charge in [-0.2, -0.15) is 11.8 Å². The number of carbonyl (C=O) groups excluding carboxylic acids is 1. The van der Waals surface area contributed by atoms with Crippen LogP contribution in [0.1, 0.15) is 22.0 Å². The summed E-state index contributed by atoms with van der Waals surface area (Å²) in [6.45, 7) is 2.09. The first-order valence-corrected chi connectivity index (χ1v) is 9.18. The molecular formula is C18H18N2O3S. The second-order valence-electron chi connectivity index (χ2n) is 5.75. The predicted molar refractivity (Wildman–Crippen MR) is 92.8 cm³/mol. The van der Waals surface area contributed by atoms with Gasteiger partial charge in [-0.25, -0.2) is 4.98 Å². The summed E-state index contributed by atoms with van der Waals surface area (Å²) in [6, 6.07) is 11.3. The smallest absolute Gasteiger partial charge is 0.257 e. The Morgan fingerprint density at radius 3 is 2.75 bits per heavy atom. The van der Waals surface area contributed by atoms with Crippen LogP contribution < -0.4 is 9.47 Å². The van der Waals surface area contributed by atoms with Crippen molar-refractivity contribution in [3.8, 4) is 11.6 Å². The summed E-state index contributed by atoms with van der Waals surface area (Å²) in [7, 11) is 0. The van der Waals surface area contributed by atoms with Crippen molar-refractivity contribution in [1.82, 2.24) is 9.88 Å². The van der Waals surface area contributed by atoms with Crippen molar-refractivity contribution in [2.45, 2.75) is 6.10 Å². The molecule has 0 N–H and O–H groups in total. The number of pyridine rings is 1. The average Bonchev–Trinajstić information content (AvgIpc) is 2.68. The van der Waals surface area contributed by atoms with Crippen LogP contribution in [0.3, 0.4) is 0 Å². The number of hydrogen-bond acceptors (Lipinski definition) is 5. The molecule has 1 saturated heterocycles. The van der Waals surface area contributed by atoms with Crippen LogP contribution in [0.5, 0.6) is 11.6 Å². The zero-order valence-corrected chi connectivity index (χ0v) is 14.0. The molecule has 3 heterocycles. The van der Waals surface area contributed by atoms with Crippen LogP contribution in [0.15, 0.2) is 42.6 Å². The standard InChI is InChI=1S/C18H18N2O3S/c21-18(20-8-10-24-11-9-20)14-5-3-13(4-6-14)16-12-22-15-2-1-7-19-17(15)23-16/h1-7,16H,8-12H2/t16-/m1/s1. The van der Waals surface area contributed by atoms with E-state index < -0.39 is 0 Å². The van der Waals surface area contributed by atoms with E-state index in [1.54, 1.807) is 6.20 Å². The highest BCUT2D eigenvalue weighted by molar-refractivity contribution is 7.99. The summed E-state index contributed by atoms with van der Waals surface area (Å²) in [6.07, 6.45) is 1.48. The van der Waals surface area contributed by atoms with Crippen LogP contribution in [-0.2, 0) is 0 Å². The molecule has 2 aliphatic rings. The molecule has 1 atom stereocenters. The van der Waals surface area contributed by atoms with E-state index in [9.17, 15) is 4.79 Å². The van der Waals surface area contributed by atoms with E-state index in [0.717, 1.165) is 35.7 Å². The summed E-state index contributed by atoms with van der Waals surface area (Å²) < 4.78 is 11.6. The third kappa shape index (κ3) is 3.06. The van der Waals surface area contributed by atoms with Gasteiger partial charge >= 0.3 is 0 Å². The van der Waals surface area contributed by atoms with E-state index in [2.05, 4.69) is 4.98 Å². The number of amides is 1. The molecule has 24 heavy (non-hydrogen) atoms. The molecule has 1 aromatic carbocycles. The number of ether oxygens (including phenoxy) is 2. The molecule has 1 amide bonds. The van der Waals surface area contributed by atoms with E-state index in [0.29, 0.717) is 18.2 Å². The monoisotopic (exact) mass is 342 g/mol. The van der Waals surface area contributed by atoms with Gasteiger partial charge in [0, 0.05) is 36.4 Å². The molecular weight excluding hydrogens is 324 g/mol. The minimum Gasteiger partial charge on any atom is -0.484 e. The SMILES string of the molecule is O=C(c1ccc([C@H]2COc3cccnc3O2)cc1)N1CCSCC1. The van der Waals surface area contributed by atoms with Crippen molar-refractivity contribution in [2.24, 2.45) is 0 Å². The third-order valence-corrected chi connectivity index (χ3v) is 5.15. The Balaban J connectivity index is 1.47. The fraction of sp³-hybridized carbons (Fsp3) is 0.333. The van der Waals surface area contributed by atoms with Crippen molar-refractivity contribution in [3.63, 3.8) is 0 Å². The average molecular weight is 342 g/mol. The Morgan fingerprint density at radius 1 is 1.17 bits per heavy atom. The van der Waals surface area contributed by atoms with Gasteiger partial charge in [0.1, 0.15) is 6.61 Å². The summed E-state index contributed by atoms with van der Waals surface area (Å²) in [5.41, 5.74) is 1.71. The lowest BCUT2D eigenvalue weighted by Crippen LogP contribution is -2.37. The Morgan fingerprint density at radius 2 is 1.96 bits per heavy atom. The third-order valence-electron chi connectivity index (χ3n) is 4.21. The van der Waals surface area contributed by atoms with Crippen molar-refractivity contribution in [3.05, 3.63) is 53.7 Å². The highest BCUT2D eigenvalue weighted by Crippen LogP contribution is 2.33. The molecule has 2 aliphatic heterocycles. The second kappa shape index (κ2) is 6.73. The van der Waals surface area contributed by atoms with Gasteiger partial charge in [0.2, 0.25) is 0 Å². The predicted octanol–water partition coefficient (Wildman–Crippen LogP) is 2.78. The number of benzene rings is 1. The van der Waals surface area contributed by atoms with Crippen LogP contribution in [-0.4, -0.2) is 47.0 Å². The molecule has 5 nitrogen and oxygen atoms in total. The molecule has 0 bridgehead atoms. The Labute approximate surface area is 145 Å². The maximum Gasteiger partial charge on any atom is 0.257 e. The first kappa shape index (κ1) is 15.3. The Kier molecular flexibility index (Phi) is 4.30. The quantitative estimate of drug-likeness (QED) is 0.840. The van der Waals surface area contributed by atoms with Crippen molar-refractivity contribution in [1.29, 1.82) is 0 Å². The molecule has 124 valence electrons. The maximum atomic E-state index is 12.5. The number of hydrogen-bond donors (Lipinski definition) is 0. The Hall–Kier alpha value is -2.21. The summed E-state index contributed by atoms with van der Waals surface area (Å²) in [5, 5.41) is 0. The normalized spacial score (nSPS) is 19.8. The highest BCUT2D eigenvalue weighted by atomic mass is 32.2. The van der Waals surface area contributed by atoms with Crippen LogP contribution in [0.4, 0.5) is 0 Å². The summed E-state index contributed by atoms with van der Waals surface area (Å²) >= 11 is 1.90. The number of rotatable bonds is 2. The number of carbonyl (C=O) groups is 1.